The van der Waals surface area contributed by atoms with Crippen LogP contribution < -0.4 is 4.90 Å². The van der Waals surface area contributed by atoms with Crippen LogP contribution in [0.4, 0.5) is 17.1 Å². The molecule has 7 rings (SSSR count). The highest BCUT2D eigenvalue weighted by Gasteiger charge is 2.16. The van der Waals surface area contributed by atoms with Crippen molar-refractivity contribution in [2.45, 2.75) is 0 Å². The molecule has 0 aliphatic carbocycles. The number of aromatic nitrogens is 1. The van der Waals surface area contributed by atoms with Crippen molar-refractivity contribution in [1.82, 2.24) is 4.57 Å². The first kappa shape index (κ1) is 19.7. The van der Waals surface area contributed by atoms with E-state index in [0.29, 0.717) is 0 Å². The van der Waals surface area contributed by atoms with E-state index in [-0.39, 0.29) is 0 Å². The van der Waals surface area contributed by atoms with Gasteiger partial charge in [-0.05, 0) is 66.7 Å². The summed E-state index contributed by atoms with van der Waals surface area (Å²) in [5.74, 6) is 0. The Balaban J connectivity index is 1.41. The van der Waals surface area contributed by atoms with Gasteiger partial charge in [-0.15, -0.1) is 0 Å². The molecular weight excluding hydrogens is 428 g/mol. The first-order chi connectivity index (χ1) is 17.4. The SMILES string of the molecule is c1ccc(N(c2ccccc2)c2ccc(-n3c4ccccc4c4cc5ccoc5cc43)cc2)cc1. The molecule has 0 bridgehead atoms. The lowest BCUT2D eigenvalue weighted by atomic mass is 10.1. The molecule has 0 radical (unpaired) electrons. The van der Waals surface area contributed by atoms with Gasteiger partial charge in [-0.3, -0.25) is 0 Å². The topological polar surface area (TPSA) is 21.3 Å². The number of anilines is 3. The summed E-state index contributed by atoms with van der Waals surface area (Å²) >= 11 is 0. The van der Waals surface area contributed by atoms with Crippen LogP contribution in [0.3, 0.4) is 0 Å². The van der Waals surface area contributed by atoms with Crippen LogP contribution in [0.15, 0.2) is 138 Å². The normalized spacial score (nSPS) is 11.4. The highest BCUT2D eigenvalue weighted by molar-refractivity contribution is 6.13. The molecule has 0 atom stereocenters. The van der Waals surface area contributed by atoms with Crippen LogP contribution in [0.1, 0.15) is 0 Å². The molecule has 3 nitrogen and oxygen atoms in total. The Hall–Kier alpha value is -4.76. The van der Waals surface area contributed by atoms with Crippen LogP contribution in [-0.2, 0) is 0 Å². The number of fused-ring (bicyclic) bond motifs is 4. The number of nitrogens with zero attached hydrogens (tertiary/aromatic N) is 2. The fraction of sp³-hybridized carbons (Fsp3) is 0. The lowest BCUT2D eigenvalue weighted by molar-refractivity contribution is 0.616. The molecule has 2 aromatic heterocycles. The lowest BCUT2D eigenvalue weighted by Crippen LogP contribution is -2.09. The largest absolute Gasteiger partial charge is 0.464 e. The first-order valence-corrected chi connectivity index (χ1v) is 11.8. The van der Waals surface area contributed by atoms with Crippen molar-refractivity contribution in [2.24, 2.45) is 0 Å². The van der Waals surface area contributed by atoms with Crippen molar-refractivity contribution in [3.63, 3.8) is 0 Å². The van der Waals surface area contributed by atoms with Gasteiger partial charge < -0.3 is 13.9 Å². The second-order valence-electron chi connectivity index (χ2n) is 8.70. The van der Waals surface area contributed by atoms with Crippen LogP contribution >= 0.6 is 0 Å². The minimum atomic E-state index is 0.900. The van der Waals surface area contributed by atoms with Gasteiger partial charge in [0.05, 0.1) is 17.3 Å². The molecule has 0 amide bonds. The van der Waals surface area contributed by atoms with E-state index in [0.717, 1.165) is 39.2 Å². The summed E-state index contributed by atoms with van der Waals surface area (Å²) in [6.07, 6.45) is 1.76. The third-order valence-corrected chi connectivity index (χ3v) is 6.64. The van der Waals surface area contributed by atoms with Gasteiger partial charge in [0.15, 0.2) is 0 Å². The van der Waals surface area contributed by atoms with E-state index in [1.54, 1.807) is 6.26 Å². The number of para-hydroxylation sites is 3. The molecule has 0 saturated heterocycles. The smallest absolute Gasteiger partial charge is 0.135 e. The molecule has 3 heteroatoms. The zero-order valence-corrected chi connectivity index (χ0v) is 19.0. The third kappa shape index (κ3) is 3.21. The van der Waals surface area contributed by atoms with Gasteiger partial charge in [0.2, 0.25) is 0 Å². The summed E-state index contributed by atoms with van der Waals surface area (Å²) < 4.78 is 8.07. The average Bonchev–Trinajstić information content (AvgIpc) is 3.51. The van der Waals surface area contributed by atoms with Gasteiger partial charge in [0.25, 0.3) is 0 Å². The zero-order valence-electron chi connectivity index (χ0n) is 19.0. The monoisotopic (exact) mass is 450 g/mol. The summed E-state index contributed by atoms with van der Waals surface area (Å²) in [5, 5.41) is 3.59. The van der Waals surface area contributed by atoms with Crippen molar-refractivity contribution in [2.75, 3.05) is 4.90 Å². The van der Waals surface area contributed by atoms with E-state index in [9.17, 15) is 0 Å². The number of furan rings is 1. The summed E-state index contributed by atoms with van der Waals surface area (Å²) in [6, 6.07) is 44.8. The zero-order chi connectivity index (χ0) is 23.2. The summed E-state index contributed by atoms with van der Waals surface area (Å²) in [6.45, 7) is 0. The summed E-state index contributed by atoms with van der Waals surface area (Å²) in [4.78, 5) is 2.28. The molecule has 0 spiro atoms. The Labute approximate surface area is 203 Å². The number of hydrogen-bond donors (Lipinski definition) is 0. The maximum atomic E-state index is 5.74. The number of benzene rings is 5. The van der Waals surface area contributed by atoms with Crippen LogP contribution in [-0.4, -0.2) is 4.57 Å². The highest BCUT2D eigenvalue weighted by Crippen LogP contribution is 2.37. The highest BCUT2D eigenvalue weighted by atomic mass is 16.3. The quantitative estimate of drug-likeness (QED) is 0.267. The standard InChI is InChI=1S/C32H22N2O/c1-3-9-24(10-4-1)33(25-11-5-2-6-12-25)26-15-17-27(18-16-26)34-30-14-8-7-13-28(30)29-21-23-19-20-35-32(23)22-31(29)34/h1-22H. The molecule has 7 aromatic rings. The molecule has 166 valence electrons. The van der Waals surface area contributed by atoms with Crippen molar-refractivity contribution in [3.05, 3.63) is 134 Å². The minimum absolute atomic E-state index is 0.900. The molecule has 0 aliphatic rings. The Morgan fingerprint density at radius 2 is 1.14 bits per heavy atom. The van der Waals surface area contributed by atoms with Crippen molar-refractivity contribution in [1.29, 1.82) is 0 Å². The molecule has 0 aliphatic heterocycles. The molecule has 35 heavy (non-hydrogen) atoms. The second-order valence-corrected chi connectivity index (χ2v) is 8.70. The predicted molar refractivity (Wildman–Crippen MR) is 145 cm³/mol. The van der Waals surface area contributed by atoms with Crippen molar-refractivity contribution in [3.8, 4) is 5.69 Å². The Kier molecular flexibility index (Phi) is 4.46. The van der Waals surface area contributed by atoms with E-state index < -0.39 is 0 Å². The first-order valence-electron chi connectivity index (χ1n) is 11.8. The van der Waals surface area contributed by atoms with Gasteiger partial charge >= 0.3 is 0 Å². The Morgan fingerprint density at radius 1 is 0.514 bits per heavy atom. The van der Waals surface area contributed by atoms with E-state index in [4.69, 9.17) is 4.42 Å². The maximum Gasteiger partial charge on any atom is 0.135 e. The molecule has 5 aromatic carbocycles. The van der Waals surface area contributed by atoms with Crippen LogP contribution in [0.2, 0.25) is 0 Å². The van der Waals surface area contributed by atoms with Gasteiger partial charge in [-0.2, -0.15) is 0 Å². The fourth-order valence-electron chi connectivity index (χ4n) is 5.06. The van der Waals surface area contributed by atoms with E-state index in [1.807, 2.05) is 18.2 Å². The van der Waals surface area contributed by atoms with Gasteiger partial charge in [0, 0.05) is 45.0 Å². The Bertz CT molecular complexity index is 1740. The lowest BCUT2D eigenvalue weighted by Gasteiger charge is -2.25. The van der Waals surface area contributed by atoms with Crippen molar-refractivity contribution >= 4 is 49.8 Å². The van der Waals surface area contributed by atoms with Crippen LogP contribution in [0, 0.1) is 0 Å². The summed E-state index contributed by atoms with van der Waals surface area (Å²) in [7, 11) is 0. The molecule has 0 N–H and O–H groups in total. The van der Waals surface area contributed by atoms with Crippen molar-refractivity contribution < 1.29 is 4.42 Å². The molecule has 0 fully saturated rings. The number of hydrogen-bond acceptors (Lipinski definition) is 2. The number of rotatable bonds is 4. The second kappa shape index (κ2) is 7.93. The summed E-state index contributed by atoms with van der Waals surface area (Å²) in [5.41, 5.74) is 7.71. The van der Waals surface area contributed by atoms with E-state index in [2.05, 4.69) is 119 Å². The third-order valence-electron chi connectivity index (χ3n) is 6.64. The fourth-order valence-corrected chi connectivity index (χ4v) is 5.06. The molecular formula is C32H22N2O. The predicted octanol–water partition coefficient (Wildman–Crippen LogP) is 9.00. The molecule has 2 heterocycles. The Morgan fingerprint density at radius 3 is 1.86 bits per heavy atom. The minimum Gasteiger partial charge on any atom is -0.464 e. The molecule has 0 saturated carbocycles. The molecule has 0 unspecified atom stereocenters. The van der Waals surface area contributed by atoms with Gasteiger partial charge in [0.1, 0.15) is 5.58 Å². The van der Waals surface area contributed by atoms with E-state index in [1.165, 1.54) is 16.3 Å². The van der Waals surface area contributed by atoms with Crippen LogP contribution in [0.25, 0.3) is 38.5 Å². The van der Waals surface area contributed by atoms with Crippen LogP contribution in [0.5, 0.6) is 0 Å². The average molecular weight is 451 g/mol. The van der Waals surface area contributed by atoms with Gasteiger partial charge in [-0.25, -0.2) is 0 Å². The maximum absolute atomic E-state index is 5.74. The van der Waals surface area contributed by atoms with E-state index >= 15 is 0 Å². The van der Waals surface area contributed by atoms with Gasteiger partial charge in [-0.1, -0.05) is 54.6 Å².